The summed E-state index contributed by atoms with van der Waals surface area (Å²) in [4.78, 5) is 7.55. The molecule has 1 aliphatic rings. The van der Waals surface area contributed by atoms with Crippen molar-refractivity contribution in [2.45, 2.75) is 44.7 Å². The van der Waals surface area contributed by atoms with Crippen LogP contribution in [0.4, 0.5) is 0 Å². The van der Waals surface area contributed by atoms with Crippen molar-refractivity contribution in [3.8, 4) is 0 Å². The van der Waals surface area contributed by atoms with Crippen molar-refractivity contribution in [3.05, 3.63) is 53.6 Å². The molecular formula is C16H21N3. The van der Waals surface area contributed by atoms with Crippen molar-refractivity contribution < 1.29 is 0 Å². The maximum atomic E-state index is 4.35. The minimum Gasteiger partial charge on any atom is -0.347 e. The van der Waals surface area contributed by atoms with Crippen LogP contribution in [0.2, 0.25) is 0 Å². The molecule has 0 amide bonds. The Bertz CT molecular complexity index is 515. The summed E-state index contributed by atoms with van der Waals surface area (Å²) in [6.07, 6.45) is 7.45. The molecule has 0 radical (unpaired) electrons. The third kappa shape index (κ3) is 2.87. The number of imidazole rings is 1. The Morgan fingerprint density at radius 3 is 2.89 bits per heavy atom. The molecule has 1 heterocycles. The van der Waals surface area contributed by atoms with Crippen molar-refractivity contribution in [1.29, 1.82) is 0 Å². The van der Waals surface area contributed by atoms with Gasteiger partial charge in [0.05, 0.1) is 6.04 Å². The van der Waals surface area contributed by atoms with Gasteiger partial charge in [0.15, 0.2) is 0 Å². The third-order valence-electron chi connectivity index (χ3n) is 3.87. The predicted molar refractivity (Wildman–Crippen MR) is 76.9 cm³/mol. The normalized spacial score (nSPS) is 16.5. The second-order valence-electron chi connectivity index (χ2n) is 5.29. The Hall–Kier alpha value is -1.61. The van der Waals surface area contributed by atoms with E-state index in [1.54, 1.807) is 0 Å². The van der Waals surface area contributed by atoms with E-state index in [4.69, 9.17) is 0 Å². The van der Waals surface area contributed by atoms with Crippen LogP contribution in [0, 0.1) is 0 Å². The lowest BCUT2D eigenvalue weighted by molar-refractivity contribution is 0.496. The highest BCUT2D eigenvalue weighted by Gasteiger charge is 2.25. The number of aromatic amines is 1. The van der Waals surface area contributed by atoms with Crippen LogP contribution >= 0.6 is 0 Å². The Balaban J connectivity index is 1.68. The number of benzene rings is 1. The first kappa shape index (κ1) is 12.4. The molecule has 1 saturated carbocycles. The van der Waals surface area contributed by atoms with Gasteiger partial charge in [-0.2, -0.15) is 0 Å². The summed E-state index contributed by atoms with van der Waals surface area (Å²) in [5, 5.41) is 3.62. The molecule has 0 aliphatic heterocycles. The van der Waals surface area contributed by atoms with E-state index in [9.17, 15) is 0 Å². The summed E-state index contributed by atoms with van der Waals surface area (Å²) in [5.41, 5.74) is 2.97. The van der Waals surface area contributed by atoms with Crippen LogP contribution in [0.5, 0.6) is 0 Å². The molecule has 1 aliphatic carbocycles. The number of nitrogens with one attached hydrogen (secondary N) is 2. The summed E-state index contributed by atoms with van der Waals surface area (Å²) >= 11 is 0. The van der Waals surface area contributed by atoms with Crippen molar-refractivity contribution in [3.63, 3.8) is 0 Å². The first-order valence-corrected chi connectivity index (χ1v) is 7.19. The van der Waals surface area contributed by atoms with Gasteiger partial charge in [-0.1, -0.05) is 31.2 Å². The van der Waals surface area contributed by atoms with E-state index in [0.717, 1.165) is 24.7 Å². The first-order valence-electron chi connectivity index (χ1n) is 7.19. The fourth-order valence-electron chi connectivity index (χ4n) is 2.62. The van der Waals surface area contributed by atoms with Crippen molar-refractivity contribution >= 4 is 0 Å². The van der Waals surface area contributed by atoms with Crippen molar-refractivity contribution in [1.82, 2.24) is 15.3 Å². The van der Waals surface area contributed by atoms with E-state index in [1.165, 1.54) is 24.0 Å². The zero-order valence-corrected chi connectivity index (χ0v) is 11.4. The summed E-state index contributed by atoms with van der Waals surface area (Å²) in [6.45, 7) is 3.11. The Labute approximate surface area is 114 Å². The molecule has 3 nitrogen and oxygen atoms in total. The molecule has 100 valence electrons. The summed E-state index contributed by atoms with van der Waals surface area (Å²) < 4.78 is 0. The van der Waals surface area contributed by atoms with E-state index in [-0.39, 0.29) is 0 Å². The smallest absolute Gasteiger partial charge is 0.123 e. The van der Waals surface area contributed by atoms with E-state index in [1.807, 2.05) is 12.4 Å². The summed E-state index contributed by atoms with van der Waals surface area (Å²) in [5.74, 6) is 1.84. The zero-order valence-electron chi connectivity index (χ0n) is 11.4. The average molecular weight is 255 g/mol. The maximum Gasteiger partial charge on any atom is 0.123 e. The minimum atomic E-state index is 0.308. The molecule has 1 atom stereocenters. The molecule has 3 heteroatoms. The average Bonchev–Trinajstić information content (AvgIpc) is 3.16. The lowest BCUT2D eigenvalue weighted by atomic mass is 10.0. The molecule has 19 heavy (non-hydrogen) atoms. The predicted octanol–water partition coefficient (Wildman–Crippen LogP) is 3.53. The monoisotopic (exact) mass is 255 g/mol. The molecular weight excluding hydrogens is 234 g/mol. The van der Waals surface area contributed by atoms with Gasteiger partial charge >= 0.3 is 0 Å². The molecule has 2 aromatic rings. The standard InChI is InChI=1S/C16H21N3/c1-2-15(16-17-9-10-18-16)19-11-13-5-3-4-6-14(13)12-7-8-12/h3-6,9-10,12,15,19H,2,7-8,11H2,1H3,(H,17,18). The molecule has 1 aromatic heterocycles. The lowest BCUT2D eigenvalue weighted by Gasteiger charge is -2.16. The number of rotatable bonds is 6. The largest absolute Gasteiger partial charge is 0.347 e. The number of hydrogen-bond acceptors (Lipinski definition) is 2. The van der Waals surface area contributed by atoms with Crippen LogP contribution in [0.1, 0.15) is 55.1 Å². The molecule has 1 unspecified atom stereocenters. The summed E-state index contributed by atoms with van der Waals surface area (Å²) in [6, 6.07) is 9.12. The van der Waals surface area contributed by atoms with Gasteiger partial charge in [-0.3, -0.25) is 0 Å². The van der Waals surface area contributed by atoms with Gasteiger partial charge in [0.2, 0.25) is 0 Å². The van der Waals surface area contributed by atoms with Gasteiger partial charge in [-0.15, -0.1) is 0 Å². The maximum absolute atomic E-state index is 4.35. The molecule has 1 aromatic carbocycles. The van der Waals surface area contributed by atoms with Crippen LogP contribution < -0.4 is 5.32 Å². The second kappa shape index (κ2) is 5.57. The minimum absolute atomic E-state index is 0.308. The van der Waals surface area contributed by atoms with Gasteiger partial charge in [0, 0.05) is 18.9 Å². The highest BCUT2D eigenvalue weighted by molar-refractivity contribution is 5.33. The highest BCUT2D eigenvalue weighted by Crippen LogP contribution is 2.41. The SMILES string of the molecule is CCC(NCc1ccccc1C1CC1)c1ncc[nH]1. The fourth-order valence-corrected chi connectivity index (χ4v) is 2.62. The highest BCUT2D eigenvalue weighted by atomic mass is 15.0. The molecule has 3 rings (SSSR count). The van der Waals surface area contributed by atoms with Gasteiger partial charge < -0.3 is 10.3 Å². The number of nitrogens with zero attached hydrogens (tertiary/aromatic N) is 1. The lowest BCUT2D eigenvalue weighted by Crippen LogP contribution is -2.22. The van der Waals surface area contributed by atoms with Crippen LogP contribution in [-0.2, 0) is 6.54 Å². The van der Waals surface area contributed by atoms with E-state index in [2.05, 4.69) is 46.5 Å². The Kier molecular flexibility index (Phi) is 3.65. The van der Waals surface area contributed by atoms with Crippen LogP contribution in [0.25, 0.3) is 0 Å². The van der Waals surface area contributed by atoms with E-state index < -0.39 is 0 Å². The Morgan fingerprint density at radius 2 is 2.21 bits per heavy atom. The molecule has 1 fully saturated rings. The quantitative estimate of drug-likeness (QED) is 0.829. The van der Waals surface area contributed by atoms with Crippen molar-refractivity contribution in [2.24, 2.45) is 0 Å². The third-order valence-corrected chi connectivity index (χ3v) is 3.87. The van der Waals surface area contributed by atoms with E-state index >= 15 is 0 Å². The topological polar surface area (TPSA) is 40.7 Å². The molecule has 0 spiro atoms. The van der Waals surface area contributed by atoms with Crippen LogP contribution in [0.3, 0.4) is 0 Å². The molecule has 0 bridgehead atoms. The van der Waals surface area contributed by atoms with Gasteiger partial charge in [0.25, 0.3) is 0 Å². The zero-order chi connectivity index (χ0) is 13.1. The van der Waals surface area contributed by atoms with Gasteiger partial charge in [0.1, 0.15) is 5.82 Å². The van der Waals surface area contributed by atoms with Crippen LogP contribution in [-0.4, -0.2) is 9.97 Å². The first-order chi connectivity index (χ1) is 9.38. The number of aromatic nitrogens is 2. The van der Waals surface area contributed by atoms with E-state index in [0.29, 0.717) is 6.04 Å². The van der Waals surface area contributed by atoms with Gasteiger partial charge in [-0.25, -0.2) is 4.98 Å². The van der Waals surface area contributed by atoms with Gasteiger partial charge in [-0.05, 0) is 36.3 Å². The summed E-state index contributed by atoms with van der Waals surface area (Å²) in [7, 11) is 0. The fraction of sp³-hybridized carbons (Fsp3) is 0.438. The Morgan fingerprint density at radius 1 is 1.37 bits per heavy atom. The number of H-pyrrole nitrogens is 1. The number of hydrogen-bond donors (Lipinski definition) is 2. The second-order valence-corrected chi connectivity index (χ2v) is 5.29. The molecule has 2 N–H and O–H groups in total. The van der Waals surface area contributed by atoms with Crippen molar-refractivity contribution in [2.75, 3.05) is 0 Å². The molecule has 0 saturated heterocycles. The van der Waals surface area contributed by atoms with Crippen LogP contribution in [0.15, 0.2) is 36.7 Å².